The van der Waals surface area contributed by atoms with E-state index in [4.69, 9.17) is 11.1 Å². The summed E-state index contributed by atoms with van der Waals surface area (Å²) in [5.41, 5.74) is 5.34. The largest absolute Gasteiger partial charge is 0.382 e. The minimum atomic E-state index is -0.310. The molecule has 2 aromatic rings. The molecule has 0 amide bonds. The lowest BCUT2D eigenvalue weighted by Crippen LogP contribution is -2.14. The van der Waals surface area contributed by atoms with Crippen LogP contribution in [0, 0.1) is 5.41 Å². The monoisotopic (exact) mass is 251 g/mol. The second-order valence-electron chi connectivity index (χ2n) is 3.11. The molecule has 0 aliphatic rings. The summed E-state index contributed by atoms with van der Waals surface area (Å²) in [4.78, 5) is 19.2. The summed E-state index contributed by atoms with van der Waals surface area (Å²) in [7, 11) is 1.59. The first kappa shape index (κ1) is 11.3. The van der Waals surface area contributed by atoms with Crippen LogP contribution in [0.2, 0.25) is 0 Å². The number of H-pyrrole nitrogens is 1. The maximum absolute atomic E-state index is 11.1. The van der Waals surface area contributed by atoms with Crippen LogP contribution in [-0.4, -0.2) is 30.6 Å². The van der Waals surface area contributed by atoms with Gasteiger partial charge >= 0.3 is 5.69 Å². The molecule has 2 aromatic heterocycles. The van der Waals surface area contributed by atoms with Gasteiger partial charge in [0.05, 0.1) is 0 Å². The zero-order chi connectivity index (χ0) is 12.4. The van der Waals surface area contributed by atoms with Gasteiger partial charge in [0.25, 0.3) is 0 Å². The third kappa shape index (κ3) is 2.33. The molecule has 0 aliphatic carbocycles. The van der Waals surface area contributed by atoms with Crippen LogP contribution in [0.3, 0.4) is 0 Å². The first-order chi connectivity index (χ1) is 8.08. The van der Waals surface area contributed by atoms with Gasteiger partial charge in [-0.15, -0.1) is 5.10 Å². The van der Waals surface area contributed by atoms with Gasteiger partial charge < -0.3 is 5.73 Å². The molecule has 0 aliphatic heterocycles. The molecule has 9 heteroatoms. The molecule has 0 fully saturated rings. The Morgan fingerprint density at radius 3 is 3.00 bits per heavy atom. The molecule has 0 saturated carbocycles. The van der Waals surface area contributed by atoms with Gasteiger partial charge in [-0.3, -0.25) is 9.98 Å². The number of rotatable bonds is 3. The summed E-state index contributed by atoms with van der Waals surface area (Å²) in [6.45, 7) is 0. The predicted octanol–water partition coefficient (Wildman–Crippen LogP) is -0.666. The molecule has 0 radical (unpaired) electrons. The fourth-order valence-corrected chi connectivity index (χ4v) is 1.78. The van der Waals surface area contributed by atoms with Gasteiger partial charge in [0, 0.05) is 13.2 Å². The van der Waals surface area contributed by atoms with Crippen molar-refractivity contribution in [3.63, 3.8) is 0 Å². The molecule has 2 heterocycles. The van der Waals surface area contributed by atoms with Crippen LogP contribution in [0.1, 0.15) is 5.69 Å². The maximum atomic E-state index is 11.1. The summed E-state index contributed by atoms with van der Waals surface area (Å²) in [6.07, 6.45) is 1.50. The standard InChI is InChI=1S/C8H9N7OS/c1-15-7(16)13-14-8(15)17-6-11-3-2-4(12-6)5(9)10/h2-3H,1H3,(H3,9,10)(H,13,16). The lowest BCUT2D eigenvalue weighted by molar-refractivity contribution is 0.762. The third-order valence-electron chi connectivity index (χ3n) is 1.93. The predicted molar refractivity (Wildman–Crippen MR) is 61.0 cm³/mol. The summed E-state index contributed by atoms with van der Waals surface area (Å²) in [5.74, 6) is -0.134. The maximum Gasteiger partial charge on any atom is 0.343 e. The Morgan fingerprint density at radius 1 is 1.65 bits per heavy atom. The van der Waals surface area contributed by atoms with E-state index in [9.17, 15) is 4.79 Å². The van der Waals surface area contributed by atoms with E-state index in [-0.39, 0.29) is 11.5 Å². The van der Waals surface area contributed by atoms with Crippen molar-refractivity contribution in [1.29, 1.82) is 5.41 Å². The van der Waals surface area contributed by atoms with Crippen molar-refractivity contribution in [1.82, 2.24) is 24.7 Å². The number of hydrogen-bond donors (Lipinski definition) is 3. The van der Waals surface area contributed by atoms with Crippen molar-refractivity contribution < 1.29 is 0 Å². The topological polar surface area (TPSA) is 126 Å². The number of nitrogen functional groups attached to an aromatic ring is 1. The zero-order valence-electron chi connectivity index (χ0n) is 8.84. The van der Waals surface area contributed by atoms with Gasteiger partial charge in [-0.1, -0.05) is 0 Å². The molecule has 0 aromatic carbocycles. The van der Waals surface area contributed by atoms with E-state index in [1.165, 1.54) is 16.8 Å². The van der Waals surface area contributed by atoms with Crippen LogP contribution in [-0.2, 0) is 7.05 Å². The highest BCUT2D eigenvalue weighted by molar-refractivity contribution is 7.99. The number of nitrogens with one attached hydrogen (secondary N) is 2. The second-order valence-corrected chi connectivity index (χ2v) is 4.04. The van der Waals surface area contributed by atoms with Gasteiger partial charge in [-0.05, 0) is 17.8 Å². The Hall–Kier alpha value is -2.16. The highest BCUT2D eigenvalue weighted by atomic mass is 32.2. The van der Waals surface area contributed by atoms with E-state index in [0.29, 0.717) is 16.0 Å². The molecule has 8 nitrogen and oxygen atoms in total. The summed E-state index contributed by atoms with van der Waals surface area (Å²) in [5, 5.41) is 14.2. The van der Waals surface area contributed by atoms with E-state index in [0.717, 1.165) is 11.8 Å². The van der Waals surface area contributed by atoms with Crippen LogP contribution in [0.5, 0.6) is 0 Å². The van der Waals surface area contributed by atoms with Gasteiger partial charge in [-0.25, -0.2) is 19.9 Å². The van der Waals surface area contributed by atoms with E-state index < -0.39 is 0 Å². The Bertz CT molecular complexity index is 616. The number of nitrogens with zero attached hydrogens (tertiary/aromatic N) is 4. The Balaban J connectivity index is 2.30. The highest BCUT2D eigenvalue weighted by Crippen LogP contribution is 2.20. The molecule has 0 bridgehead atoms. The lowest BCUT2D eigenvalue weighted by atomic mass is 10.4. The smallest absolute Gasteiger partial charge is 0.343 e. The number of aromatic amines is 1. The average molecular weight is 251 g/mol. The SMILES string of the molecule is Cn1c(Sc2nccc(C(=N)N)n2)n[nH]c1=O. The van der Waals surface area contributed by atoms with E-state index in [1.807, 2.05) is 0 Å². The van der Waals surface area contributed by atoms with Crippen LogP contribution < -0.4 is 11.4 Å². The lowest BCUT2D eigenvalue weighted by Gasteiger charge is -2.00. The van der Waals surface area contributed by atoms with Crippen LogP contribution in [0.15, 0.2) is 27.4 Å². The molecule has 88 valence electrons. The number of hydrogen-bond acceptors (Lipinski definition) is 6. The highest BCUT2D eigenvalue weighted by Gasteiger charge is 2.09. The van der Waals surface area contributed by atoms with Crippen molar-refractivity contribution in [2.75, 3.05) is 0 Å². The van der Waals surface area contributed by atoms with Crippen molar-refractivity contribution >= 4 is 17.6 Å². The second kappa shape index (κ2) is 4.37. The fraction of sp³-hybridized carbons (Fsp3) is 0.125. The molecular formula is C8H9N7OS. The summed E-state index contributed by atoms with van der Waals surface area (Å²) >= 11 is 1.11. The molecule has 4 N–H and O–H groups in total. The van der Waals surface area contributed by atoms with Crippen molar-refractivity contribution in [2.45, 2.75) is 10.3 Å². The minimum Gasteiger partial charge on any atom is -0.382 e. The molecule has 17 heavy (non-hydrogen) atoms. The molecule has 0 atom stereocenters. The van der Waals surface area contributed by atoms with Crippen LogP contribution in [0.25, 0.3) is 0 Å². The van der Waals surface area contributed by atoms with Crippen molar-refractivity contribution in [3.8, 4) is 0 Å². The quantitative estimate of drug-likeness (QED) is 0.377. The normalized spacial score (nSPS) is 10.4. The van der Waals surface area contributed by atoms with Crippen LogP contribution >= 0.6 is 11.8 Å². The van der Waals surface area contributed by atoms with Crippen molar-refractivity contribution in [3.05, 3.63) is 28.4 Å². The zero-order valence-corrected chi connectivity index (χ0v) is 9.65. The van der Waals surface area contributed by atoms with Gasteiger partial charge in [0.2, 0.25) is 0 Å². The molecule has 0 unspecified atom stereocenters. The average Bonchev–Trinajstić information content (AvgIpc) is 2.61. The van der Waals surface area contributed by atoms with Gasteiger partial charge in [-0.2, -0.15) is 0 Å². The minimum absolute atomic E-state index is 0.134. The molecule has 0 saturated heterocycles. The first-order valence-corrected chi connectivity index (χ1v) is 5.36. The summed E-state index contributed by atoms with van der Waals surface area (Å²) < 4.78 is 1.34. The van der Waals surface area contributed by atoms with Gasteiger partial charge in [0.1, 0.15) is 11.5 Å². The first-order valence-electron chi connectivity index (χ1n) is 4.54. The number of aromatic nitrogens is 5. The Kier molecular flexibility index (Phi) is 2.91. The van der Waals surface area contributed by atoms with E-state index in [2.05, 4.69) is 20.2 Å². The number of amidine groups is 1. The Morgan fingerprint density at radius 2 is 2.41 bits per heavy atom. The van der Waals surface area contributed by atoms with Crippen molar-refractivity contribution in [2.24, 2.45) is 12.8 Å². The Labute approximate surface area is 99.8 Å². The van der Waals surface area contributed by atoms with E-state index in [1.54, 1.807) is 7.05 Å². The molecule has 0 spiro atoms. The summed E-state index contributed by atoms with van der Waals surface area (Å²) in [6, 6.07) is 1.54. The fourth-order valence-electron chi connectivity index (χ4n) is 1.05. The van der Waals surface area contributed by atoms with Crippen LogP contribution in [0.4, 0.5) is 0 Å². The van der Waals surface area contributed by atoms with Gasteiger partial charge in [0.15, 0.2) is 10.3 Å². The molecule has 2 rings (SSSR count). The third-order valence-corrected chi connectivity index (χ3v) is 2.86. The van der Waals surface area contributed by atoms with E-state index >= 15 is 0 Å². The number of nitrogens with two attached hydrogens (primary N) is 1. The molecular weight excluding hydrogens is 242 g/mol.